The van der Waals surface area contributed by atoms with Crippen LogP contribution in [-0.2, 0) is 14.3 Å². The smallest absolute Gasteiger partial charge is 0.321 e. The van der Waals surface area contributed by atoms with E-state index in [1.54, 1.807) is 0 Å². The average molecular weight is 224 g/mol. The second-order valence-electron chi connectivity index (χ2n) is 4.05. The summed E-state index contributed by atoms with van der Waals surface area (Å²) in [4.78, 5) is 21.7. The number of carboxylic acids is 1. The van der Waals surface area contributed by atoms with Crippen molar-refractivity contribution in [1.82, 2.24) is 0 Å². The molecule has 6 heteroatoms. The first-order valence-electron chi connectivity index (χ1n) is 4.37. The minimum atomic E-state index is -2.85. The summed E-state index contributed by atoms with van der Waals surface area (Å²) in [6.07, 6.45) is -3.87. The third-order valence-electron chi connectivity index (χ3n) is 1.40. The Hall–Kier alpha value is -1.20. The van der Waals surface area contributed by atoms with Gasteiger partial charge >= 0.3 is 11.9 Å². The van der Waals surface area contributed by atoms with Crippen molar-refractivity contribution in [2.45, 2.75) is 39.2 Å². The highest BCUT2D eigenvalue weighted by atomic mass is 19.3. The van der Waals surface area contributed by atoms with E-state index in [1.165, 1.54) is 20.8 Å². The number of aliphatic carboxylic acids is 1. The molecule has 1 atom stereocenters. The normalized spacial score (nSPS) is 13.7. The van der Waals surface area contributed by atoms with Crippen LogP contribution in [0.4, 0.5) is 8.78 Å². The lowest BCUT2D eigenvalue weighted by Gasteiger charge is -2.22. The van der Waals surface area contributed by atoms with Crippen LogP contribution in [0.15, 0.2) is 0 Å². The maximum absolute atomic E-state index is 12.0. The fourth-order valence-corrected chi connectivity index (χ4v) is 0.849. The second kappa shape index (κ2) is 5.04. The van der Waals surface area contributed by atoms with E-state index in [9.17, 15) is 18.4 Å². The van der Waals surface area contributed by atoms with Crippen molar-refractivity contribution < 1.29 is 28.2 Å². The molecule has 0 bridgehead atoms. The van der Waals surface area contributed by atoms with Crippen molar-refractivity contribution in [2.75, 3.05) is 0 Å². The molecule has 0 amide bonds. The Labute approximate surface area is 86.2 Å². The number of hydrogen-bond acceptors (Lipinski definition) is 3. The Morgan fingerprint density at radius 3 is 2.07 bits per heavy atom. The van der Waals surface area contributed by atoms with Crippen LogP contribution >= 0.6 is 0 Å². The van der Waals surface area contributed by atoms with Crippen molar-refractivity contribution in [2.24, 2.45) is 5.92 Å². The fraction of sp³-hybridized carbons (Fsp3) is 0.778. The number of carboxylic acid groups (broad SMARTS) is 1. The summed E-state index contributed by atoms with van der Waals surface area (Å²) in [5, 5.41) is 8.56. The van der Waals surface area contributed by atoms with Gasteiger partial charge in [0.05, 0.1) is 0 Å². The molecule has 0 aliphatic heterocycles. The second-order valence-corrected chi connectivity index (χ2v) is 4.05. The summed E-state index contributed by atoms with van der Waals surface area (Å²) in [6, 6.07) is 0. The first kappa shape index (κ1) is 13.8. The summed E-state index contributed by atoms with van der Waals surface area (Å²) >= 11 is 0. The van der Waals surface area contributed by atoms with Gasteiger partial charge < -0.3 is 9.84 Å². The van der Waals surface area contributed by atoms with Crippen molar-refractivity contribution in [3.8, 4) is 0 Å². The fourth-order valence-electron chi connectivity index (χ4n) is 0.849. The van der Waals surface area contributed by atoms with Gasteiger partial charge in [0.15, 0.2) is 5.92 Å². The zero-order valence-corrected chi connectivity index (χ0v) is 8.79. The average Bonchev–Trinajstić information content (AvgIpc) is 1.95. The largest absolute Gasteiger partial charge is 0.481 e. The lowest BCUT2D eigenvalue weighted by molar-refractivity contribution is -0.168. The Morgan fingerprint density at radius 1 is 1.33 bits per heavy atom. The maximum Gasteiger partial charge on any atom is 0.321 e. The molecule has 0 aromatic rings. The topological polar surface area (TPSA) is 63.6 Å². The van der Waals surface area contributed by atoms with Gasteiger partial charge in [0.25, 0.3) is 0 Å². The lowest BCUT2D eigenvalue weighted by atomic mass is 10.1. The molecule has 0 saturated carbocycles. The predicted molar refractivity (Wildman–Crippen MR) is 47.6 cm³/mol. The Balaban J connectivity index is 4.50. The number of carbonyl (C=O) groups excluding carboxylic acids is 1. The zero-order valence-electron chi connectivity index (χ0n) is 8.79. The van der Waals surface area contributed by atoms with Crippen molar-refractivity contribution >= 4 is 11.9 Å². The van der Waals surface area contributed by atoms with E-state index in [2.05, 4.69) is 0 Å². The van der Waals surface area contributed by atoms with Crippen LogP contribution < -0.4 is 0 Å². The molecule has 88 valence electrons. The quantitative estimate of drug-likeness (QED) is 0.583. The minimum Gasteiger partial charge on any atom is -0.481 e. The molecule has 15 heavy (non-hydrogen) atoms. The molecular weight excluding hydrogens is 210 g/mol. The molecule has 0 spiro atoms. The SMILES string of the molecule is CC(C)(C)OC(=O)[C@H](CC(F)F)C(=O)O. The van der Waals surface area contributed by atoms with Gasteiger partial charge in [0.2, 0.25) is 6.43 Å². The van der Waals surface area contributed by atoms with Gasteiger partial charge in [0, 0.05) is 6.42 Å². The molecule has 0 radical (unpaired) electrons. The summed E-state index contributed by atoms with van der Waals surface area (Å²) in [5.74, 6) is -4.52. The monoisotopic (exact) mass is 224 g/mol. The molecule has 4 nitrogen and oxygen atoms in total. The van der Waals surface area contributed by atoms with Gasteiger partial charge in [-0.1, -0.05) is 0 Å². The summed E-state index contributed by atoms with van der Waals surface area (Å²) in [6.45, 7) is 4.60. The molecule has 0 fully saturated rings. The van der Waals surface area contributed by atoms with Gasteiger partial charge in [-0.3, -0.25) is 9.59 Å². The number of carbonyl (C=O) groups is 2. The molecule has 0 saturated heterocycles. The number of alkyl halides is 2. The van der Waals surface area contributed by atoms with Crippen LogP contribution in [0, 0.1) is 5.92 Å². The molecule has 0 heterocycles. The number of esters is 1. The molecule has 0 rings (SSSR count). The molecule has 0 aliphatic carbocycles. The van der Waals surface area contributed by atoms with E-state index in [1.807, 2.05) is 0 Å². The first-order chi connectivity index (χ1) is 6.63. The van der Waals surface area contributed by atoms with E-state index in [4.69, 9.17) is 9.84 Å². The van der Waals surface area contributed by atoms with Gasteiger partial charge in [-0.25, -0.2) is 8.78 Å². The summed E-state index contributed by atoms with van der Waals surface area (Å²) < 4.78 is 28.6. The Morgan fingerprint density at radius 2 is 1.80 bits per heavy atom. The van der Waals surface area contributed by atoms with Gasteiger partial charge in [-0.05, 0) is 20.8 Å². The Bertz CT molecular complexity index is 245. The number of rotatable bonds is 4. The number of halogens is 2. The number of hydrogen-bond donors (Lipinski definition) is 1. The van der Waals surface area contributed by atoms with E-state index >= 15 is 0 Å². The van der Waals surface area contributed by atoms with Gasteiger partial charge in [-0.15, -0.1) is 0 Å². The van der Waals surface area contributed by atoms with Crippen molar-refractivity contribution in [1.29, 1.82) is 0 Å². The molecule has 0 aliphatic rings. The third kappa shape index (κ3) is 5.98. The Kier molecular flexibility index (Phi) is 4.64. The number of ether oxygens (including phenoxy) is 1. The van der Waals surface area contributed by atoms with Crippen LogP contribution in [-0.4, -0.2) is 29.1 Å². The van der Waals surface area contributed by atoms with Crippen LogP contribution in [0.1, 0.15) is 27.2 Å². The minimum absolute atomic E-state index is 0.882. The third-order valence-corrected chi connectivity index (χ3v) is 1.40. The lowest BCUT2D eigenvalue weighted by Crippen LogP contribution is -2.33. The highest BCUT2D eigenvalue weighted by Crippen LogP contribution is 2.17. The van der Waals surface area contributed by atoms with Crippen molar-refractivity contribution in [3.05, 3.63) is 0 Å². The van der Waals surface area contributed by atoms with Gasteiger partial charge in [-0.2, -0.15) is 0 Å². The van der Waals surface area contributed by atoms with Crippen molar-refractivity contribution in [3.63, 3.8) is 0 Å². The van der Waals surface area contributed by atoms with Crippen LogP contribution in [0.5, 0.6) is 0 Å². The molecule has 0 unspecified atom stereocenters. The molecule has 0 aromatic heterocycles. The van der Waals surface area contributed by atoms with Crippen LogP contribution in [0.3, 0.4) is 0 Å². The van der Waals surface area contributed by atoms with Crippen LogP contribution in [0.2, 0.25) is 0 Å². The predicted octanol–water partition coefficient (Wildman–Crippen LogP) is 1.68. The van der Waals surface area contributed by atoms with E-state index in [-0.39, 0.29) is 0 Å². The van der Waals surface area contributed by atoms with E-state index < -0.39 is 36.3 Å². The van der Waals surface area contributed by atoms with Gasteiger partial charge in [0.1, 0.15) is 5.60 Å². The molecule has 1 N–H and O–H groups in total. The zero-order chi connectivity index (χ0) is 12.2. The molecular formula is C9H14F2O4. The summed E-state index contributed by atoms with van der Waals surface area (Å²) in [5.41, 5.74) is -0.882. The van der Waals surface area contributed by atoms with Crippen LogP contribution in [0.25, 0.3) is 0 Å². The van der Waals surface area contributed by atoms with E-state index in [0.717, 1.165) is 0 Å². The first-order valence-corrected chi connectivity index (χ1v) is 4.37. The highest BCUT2D eigenvalue weighted by molar-refractivity contribution is 5.94. The molecule has 0 aromatic carbocycles. The maximum atomic E-state index is 12.0. The standard InChI is InChI=1S/C9H14F2O4/c1-9(2,3)15-8(14)5(7(12)13)4-6(10)11/h5-6H,4H2,1-3H3,(H,12,13)/t5-/m1/s1. The van der Waals surface area contributed by atoms with E-state index in [0.29, 0.717) is 0 Å². The highest BCUT2D eigenvalue weighted by Gasteiger charge is 2.33. The summed E-state index contributed by atoms with van der Waals surface area (Å²) in [7, 11) is 0.